The Labute approximate surface area is 185 Å². The lowest BCUT2D eigenvalue weighted by atomic mass is 10.1. The number of hydrogen-bond acceptors (Lipinski definition) is 3. The van der Waals surface area contributed by atoms with E-state index in [4.69, 9.17) is 0 Å². The number of benzene rings is 2. The molecule has 2 heterocycles. The van der Waals surface area contributed by atoms with Crippen molar-refractivity contribution >= 4 is 11.6 Å². The van der Waals surface area contributed by atoms with Gasteiger partial charge in [0.15, 0.2) is 0 Å². The summed E-state index contributed by atoms with van der Waals surface area (Å²) in [6.07, 6.45) is -3.00. The maximum atomic E-state index is 13.1. The monoisotopic (exact) mass is 442 g/mol. The van der Waals surface area contributed by atoms with E-state index in [1.54, 1.807) is 17.9 Å². The Morgan fingerprint density at radius 3 is 2.34 bits per heavy atom. The Morgan fingerprint density at radius 1 is 0.969 bits per heavy atom. The molecule has 3 aromatic rings. The Bertz CT molecular complexity index is 1140. The van der Waals surface area contributed by atoms with Crippen LogP contribution in [-0.4, -0.2) is 46.8 Å². The number of aryl methyl sites for hydroxylation is 1. The summed E-state index contributed by atoms with van der Waals surface area (Å²) in [5.74, 6) is -0.152. The van der Waals surface area contributed by atoms with Crippen molar-refractivity contribution in [1.29, 1.82) is 0 Å². The smallest absolute Gasteiger partial charge is 0.368 e. The highest BCUT2D eigenvalue weighted by molar-refractivity contribution is 5.95. The van der Waals surface area contributed by atoms with Crippen molar-refractivity contribution in [2.75, 3.05) is 31.1 Å². The summed E-state index contributed by atoms with van der Waals surface area (Å²) in [6, 6.07) is 11.2. The van der Waals surface area contributed by atoms with Gasteiger partial charge in [0.25, 0.3) is 5.91 Å². The number of hydrogen-bond donors (Lipinski definition) is 0. The van der Waals surface area contributed by atoms with Crippen LogP contribution in [-0.2, 0) is 6.18 Å². The predicted molar refractivity (Wildman–Crippen MR) is 117 cm³/mol. The van der Waals surface area contributed by atoms with Gasteiger partial charge in [0.05, 0.1) is 28.7 Å². The first-order chi connectivity index (χ1) is 15.2. The number of carbonyl (C=O) groups excluding carboxylic acids is 1. The van der Waals surface area contributed by atoms with Crippen molar-refractivity contribution < 1.29 is 18.0 Å². The van der Waals surface area contributed by atoms with Gasteiger partial charge in [-0.1, -0.05) is 18.2 Å². The van der Waals surface area contributed by atoms with Crippen molar-refractivity contribution in [1.82, 2.24) is 14.7 Å². The maximum Gasteiger partial charge on any atom is 0.416 e. The third-order valence-corrected chi connectivity index (χ3v) is 6.14. The highest BCUT2D eigenvalue weighted by atomic mass is 19.4. The molecule has 8 heteroatoms. The van der Waals surface area contributed by atoms with E-state index in [-0.39, 0.29) is 11.6 Å². The summed E-state index contributed by atoms with van der Waals surface area (Å²) in [4.78, 5) is 17.2. The second kappa shape index (κ2) is 8.33. The van der Waals surface area contributed by atoms with Gasteiger partial charge in [0, 0.05) is 31.9 Å². The van der Waals surface area contributed by atoms with Gasteiger partial charge in [-0.3, -0.25) is 4.79 Å². The third-order valence-electron chi connectivity index (χ3n) is 6.14. The van der Waals surface area contributed by atoms with Crippen molar-refractivity contribution in [3.8, 4) is 5.69 Å². The molecule has 0 saturated carbocycles. The Kier molecular flexibility index (Phi) is 5.71. The van der Waals surface area contributed by atoms with Crippen LogP contribution in [0.2, 0.25) is 0 Å². The van der Waals surface area contributed by atoms with E-state index in [1.807, 2.05) is 6.07 Å². The minimum Gasteiger partial charge on any atom is -0.368 e. The number of anilines is 1. The normalized spacial score (nSPS) is 14.7. The number of aromatic nitrogens is 2. The fourth-order valence-corrected chi connectivity index (χ4v) is 4.09. The summed E-state index contributed by atoms with van der Waals surface area (Å²) in [5, 5.41) is 4.20. The molecule has 0 bridgehead atoms. The SMILES string of the molecule is Cc1cccc(N2CCN(C(=O)c3cnn(-c4cccc(C(F)(F)F)c4)c3C)CC2)c1C. The molecule has 0 N–H and O–H groups in total. The summed E-state index contributed by atoms with van der Waals surface area (Å²) in [6.45, 7) is 8.47. The number of alkyl halides is 3. The Hall–Kier alpha value is -3.29. The largest absolute Gasteiger partial charge is 0.416 e. The summed E-state index contributed by atoms with van der Waals surface area (Å²) in [7, 11) is 0. The van der Waals surface area contributed by atoms with Gasteiger partial charge in [-0.15, -0.1) is 0 Å². The van der Waals surface area contributed by atoms with Crippen LogP contribution in [0, 0.1) is 20.8 Å². The van der Waals surface area contributed by atoms with Crippen LogP contribution >= 0.6 is 0 Å². The lowest BCUT2D eigenvalue weighted by Crippen LogP contribution is -2.49. The maximum absolute atomic E-state index is 13.1. The molecule has 0 unspecified atom stereocenters. The number of nitrogens with zero attached hydrogens (tertiary/aromatic N) is 4. The molecule has 5 nitrogen and oxygen atoms in total. The molecule has 1 saturated heterocycles. The molecule has 0 spiro atoms. The molecule has 1 aromatic heterocycles. The first-order valence-corrected chi connectivity index (χ1v) is 10.5. The van der Waals surface area contributed by atoms with Gasteiger partial charge < -0.3 is 9.80 Å². The molecule has 32 heavy (non-hydrogen) atoms. The van der Waals surface area contributed by atoms with E-state index >= 15 is 0 Å². The highest BCUT2D eigenvalue weighted by Crippen LogP contribution is 2.31. The van der Waals surface area contributed by atoms with Crippen molar-refractivity contribution in [2.45, 2.75) is 26.9 Å². The van der Waals surface area contributed by atoms with E-state index in [0.29, 0.717) is 24.3 Å². The second-order valence-corrected chi connectivity index (χ2v) is 8.10. The van der Waals surface area contributed by atoms with Crippen molar-refractivity contribution in [2.24, 2.45) is 0 Å². The Morgan fingerprint density at radius 2 is 1.66 bits per heavy atom. The lowest BCUT2D eigenvalue weighted by molar-refractivity contribution is -0.137. The summed E-state index contributed by atoms with van der Waals surface area (Å²) in [5.41, 5.74) is 4.11. The van der Waals surface area contributed by atoms with E-state index in [1.165, 1.54) is 33.8 Å². The minimum atomic E-state index is -4.44. The zero-order chi connectivity index (χ0) is 23.0. The summed E-state index contributed by atoms with van der Waals surface area (Å²) >= 11 is 0. The van der Waals surface area contributed by atoms with Gasteiger partial charge in [0.2, 0.25) is 0 Å². The van der Waals surface area contributed by atoms with Crippen LogP contribution in [0.15, 0.2) is 48.7 Å². The fourth-order valence-electron chi connectivity index (χ4n) is 4.09. The standard InChI is InChI=1S/C24H25F3N4O/c1-16-6-4-9-22(17(16)2)29-10-12-30(13-11-29)23(32)21-15-28-31(18(21)3)20-8-5-7-19(14-20)24(25,26)27/h4-9,14-15H,10-13H2,1-3H3. The number of halogens is 3. The molecule has 1 aliphatic rings. The fraction of sp³-hybridized carbons (Fsp3) is 0.333. The Balaban J connectivity index is 1.50. The average molecular weight is 442 g/mol. The molecule has 1 aliphatic heterocycles. The van der Waals surface area contributed by atoms with Crippen LogP contribution in [0.4, 0.5) is 18.9 Å². The van der Waals surface area contributed by atoms with Crippen LogP contribution in [0.3, 0.4) is 0 Å². The predicted octanol–water partition coefficient (Wildman–Crippen LogP) is 4.78. The molecule has 168 valence electrons. The second-order valence-electron chi connectivity index (χ2n) is 8.10. The lowest BCUT2D eigenvalue weighted by Gasteiger charge is -2.37. The molecule has 4 rings (SSSR count). The zero-order valence-corrected chi connectivity index (χ0v) is 18.3. The van der Waals surface area contributed by atoms with Gasteiger partial charge in [0.1, 0.15) is 0 Å². The molecular weight excluding hydrogens is 417 g/mol. The first kappa shape index (κ1) is 21.9. The van der Waals surface area contributed by atoms with Crippen LogP contribution in [0.1, 0.15) is 32.7 Å². The molecular formula is C24H25F3N4O. The highest BCUT2D eigenvalue weighted by Gasteiger charge is 2.31. The quantitative estimate of drug-likeness (QED) is 0.586. The molecule has 2 aromatic carbocycles. The van der Waals surface area contributed by atoms with Crippen molar-refractivity contribution in [3.05, 3.63) is 76.6 Å². The number of carbonyl (C=O) groups is 1. The van der Waals surface area contributed by atoms with E-state index in [0.717, 1.165) is 25.2 Å². The molecule has 0 atom stereocenters. The number of piperazine rings is 1. The molecule has 0 radical (unpaired) electrons. The molecule has 0 aliphatic carbocycles. The van der Waals surface area contributed by atoms with Gasteiger partial charge in [-0.2, -0.15) is 18.3 Å². The van der Waals surface area contributed by atoms with Crippen molar-refractivity contribution in [3.63, 3.8) is 0 Å². The molecule has 1 amide bonds. The van der Waals surface area contributed by atoms with Gasteiger partial charge in [-0.05, 0) is 56.2 Å². The first-order valence-electron chi connectivity index (χ1n) is 10.5. The zero-order valence-electron chi connectivity index (χ0n) is 18.3. The van der Waals surface area contributed by atoms with E-state index < -0.39 is 11.7 Å². The topological polar surface area (TPSA) is 41.4 Å². The third kappa shape index (κ3) is 4.09. The van der Waals surface area contributed by atoms with Crippen LogP contribution < -0.4 is 4.90 Å². The van der Waals surface area contributed by atoms with Crippen LogP contribution in [0.5, 0.6) is 0 Å². The minimum absolute atomic E-state index is 0.152. The number of amides is 1. The van der Waals surface area contributed by atoms with Crippen LogP contribution in [0.25, 0.3) is 5.69 Å². The summed E-state index contributed by atoms with van der Waals surface area (Å²) < 4.78 is 40.6. The van der Waals surface area contributed by atoms with Gasteiger partial charge in [-0.25, -0.2) is 4.68 Å². The molecule has 1 fully saturated rings. The van der Waals surface area contributed by atoms with Gasteiger partial charge >= 0.3 is 6.18 Å². The van der Waals surface area contributed by atoms with E-state index in [9.17, 15) is 18.0 Å². The number of rotatable bonds is 3. The average Bonchev–Trinajstić information content (AvgIpc) is 3.16. The van der Waals surface area contributed by atoms with E-state index in [2.05, 4.69) is 36.0 Å².